The number of carbonyl (C=O) groups excluding carboxylic acids is 2. The van der Waals surface area contributed by atoms with Gasteiger partial charge in [0, 0.05) is 0 Å². The highest BCUT2D eigenvalue weighted by atomic mass is 35.5. The third kappa shape index (κ3) is 7370. The SMILES string of the molecule is FC(Cl)Cl.O=C=O. The molecule has 0 amide bonds. The Kier molecular flexibility index (Phi) is 13.3. The van der Waals surface area contributed by atoms with Crippen molar-refractivity contribution in [2.24, 2.45) is 0 Å². The Morgan fingerprint density at radius 2 is 1.43 bits per heavy atom. The van der Waals surface area contributed by atoms with Gasteiger partial charge in [0.2, 0.25) is 5.09 Å². The molecule has 0 atom stereocenters. The largest absolute Gasteiger partial charge is 0.373 e. The topological polar surface area (TPSA) is 34.1 Å². The molecule has 0 spiro atoms. The Hall–Kier alpha value is -0.110. The molecule has 0 rings (SSSR count). The Labute approximate surface area is 49.2 Å². The van der Waals surface area contributed by atoms with Crippen molar-refractivity contribution in [3.8, 4) is 0 Å². The minimum Gasteiger partial charge on any atom is -0.212 e. The molecule has 0 aliphatic rings. The van der Waals surface area contributed by atoms with Crippen molar-refractivity contribution >= 4 is 29.4 Å². The maximum absolute atomic E-state index is 10.5. The summed E-state index contributed by atoms with van der Waals surface area (Å²) in [7, 11) is 0. The van der Waals surface area contributed by atoms with E-state index in [1.54, 1.807) is 0 Å². The highest BCUT2D eigenvalue weighted by Gasteiger charge is 1.81. The van der Waals surface area contributed by atoms with Crippen molar-refractivity contribution in [2.45, 2.75) is 5.09 Å². The van der Waals surface area contributed by atoms with Gasteiger partial charge in [-0.3, -0.25) is 0 Å². The maximum Gasteiger partial charge on any atom is 0.373 e. The van der Waals surface area contributed by atoms with Gasteiger partial charge in [0.05, 0.1) is 0 Å². The van der Waals surface area contributed by atoms with Crippen molar-refractivity contribution in [3.63, 3.8) is 0 Å². The van der Waals surface area contributed by atoms with E-state index in [0.717, 1.165) is 0 Å². The predicted octanol–water partition coefficient (Wildman–Crippen LogP) is 1.13. The smallest absolute Gasteiger partial charge is 0.212 e. The van der Waals surface area contributed by atoms with E-state index in [9.17, 15) is 4.39 Å². The Balaban J connectivity index is 0. The average molecular weight is 147 g/mol. The van der Waals surface area contributed by atoms with E-state index in [4.69, 9.17) is 9.59 Å². The van der Waals surface area contributed by atoms with E-state index in [1.165, 1.54) is 0 Å². The Morgan fingerprint density at radius 3 is 1.43 bits per heavy atom. The van der Waals surface area contributed by atoms with Crippen LogP contribution in [0.25, 0.3) is 0 Å². The second-order valence-corrected chi connectivity index (χ2v) is 1.32. The first-order valence-electron chi connectivity index (χ1n) is 1.06. The Bertz CT molecular complexity index is 56.0. The van der Waals surface area contributed by atoms with Crippen LogP contribution in [0.2, 0.25) is 0 Å². The van der Waals surface area contributed by atoms with E-state index in [1.807, 2.05) is 0 Å². The van der Waals surface area contributed by atoms with E-state index < -0.39 is 5.09 Å². The first-order valence-corrected chi connectivity index (χ1v) is 1.94. The van der Waals surface area contributed by atoms with Gasteiger partial charge >= 0.3 is 6.15 Å². The van der Waals surface area contributed by atoms with Crippen molar-refractivity contribution < 1.29 is 14.0 Å². The molecule has 0 radical (unpaired) electrons. The van der Waals surface area contributed by atoms with Gasteiger partial charge in [0.1, 0.15) is 0 Å². The summed E-state index contributed by atoms with van der Waals surface area (Å²) in [6.45, 7) is 0. The zero-order valence-corrected chi connectivity index (χ0v) is 4.54. The van der Waals surface area contributed by atoms with Crippen LogP contribution in [0.1, 0.15) is 0 Å². The summed E-state index contributed by atoms with van der Waals surface area (Å²) in [5.74, 6) is 0. The van der Waals surface area contributed by atoms with Crippen LogP contribution in [0.15, 0.2) is 0 Å². The normalized spacial score (nSPS) is 6.29. The van der Waals surface area contributed by atoms with Crippen molar-refractivity contribution in [2.75, 3.05) is 0 Å². The molecular weight excluding hydrogens is 146 g/mol. The van der Waals surface area contributed by atoms with Crippen LogP contribution >= 0.6 is 23.2 Å². The molecule has 0 aromatic rings. The van der Waals surface area contributed by atoms with E-state index in [0.29, 0.717) is 0 Å². The molecule has 0 bridgehead atoms. The molecule has 0 fully saturated rings. The van der Waals surface area contributed by atoms with Gasteiger partial charge in [-0.15, -0.1) is 0 Å². The zero-order chi connectivity index (χ0) is 6.28. The lowest BCUT2D eigenvalue weighted by Gasteiger charge is -1.68. The molecule has 0 aromatic heterocycles. The quantitative estimate of drug-likeness (QED) is 0.481. The molecule has 2 nitrogen and oxygen atoms in total. The molecular formula is C2HCl2FO2. The highest BCUT2D eigenvalue weighted by Crippen LogP contribution is 1.98. The molecule has 0 unspecified atom stereocenters. The molecule has 0 N–H and O–H groups in total. The van der Waals surface area contributed by atoms with Gasteiger partial charge < -0.3 is 0 Å². The van der Waals surface area contributed by atoms with Gasteiger partial charge in [-0.25, -0.2) is 4.39 Å². The summed E-state index contributed by atoms with van der Waals surface area (Å²) < 4.78 is 10.5. The third-order valence-corrected chi connectivity index (χ3v) is 0. The van der Waals surface area contributed by atoms with Gasteiger partial charge in [0.25, 0.3) is 0 Å². The first-order chi connectivity index (χ1) is 3.15. The molecule has 0 aliphatic heterocycles. The molecule has 42 valence electrons. The van der Waals surface area contributed by atoms with Crippen LogP contribution in [-0.4, -0.2) is 11.2 Å². The number of hydrogen-bond donors (Lipinski definition) is 0. The van der Waals surface area contributed by atoms with Crippen molar-refractivity contribution in [1.82, 2.24) is 0 Å². The lowest BCUT2D eigenvalue weighted by molar-refractivity contribution is -0.191. The van der Waals surface area contributed by atoms with Gasteiger partial charge in [-0.2, -0.15) is 9.59 Å². The fraction of sp³-hybridized carbons (Fsp3) is 0.500. The summed E-state index contributed by atoms with van der Waals surface area (Å²) >= 11 is 8.75. The van der Waals surface area contributed by atoms with E-state index in [-0.39, 0.29) is 6.15 Å². The maximum atomic E-state index is 10.5. The van der Waals surface area contributed by atoms with Crippen LogP contribution in [0.3, 0.4) is 0 Å². The zero-order valence-electron chi connectivity index (χ0n) is 3.03. The number of hydrogen-bond acceptors (Lipinski definition) is 2. The monoisotopic (exact) mass is 146 g/mol. The molecule has 0 saturated carbocycles. The predicted molar refractivity (Wildman–Crippen MR) is 21.6 cm³/mol. The summed E-state index contributed by atoms with van der Waals surface area (Å²) in [5, 5.41) is -1.72. The van der Waals surface area contributed by atoms with Crippen LogP contribution in [0, 0.1) is 0 Å². The lowest BCUT2D eigenvalue weighted by Crippen LogP contribution is -1.58. The minimum absolute atomic E-state index is 0.250. The number of alkyl halides is 3. The van der Waals surface area contributed by atoms with Crippen LogP contribution in [0.5, 0.6) is 0 Å². The minimum atomic E-state index is -1.72. The van der Waals surface area contributed by atoms with Gasteiger partial charge in [-0.1, -0.05) is 23.2 Å². The molecule has 0 saturated heterocycles. The van der Waals surface area contributed by atoms with Crippen LogP contribution in [-0.2, 0) is 9.59 Å². The summed E-state index contributed by atoms with van der Waals surface area (Å²) in [5.41, 5.74) is 0. The van der Waals surface area contributed by atoms with Crippen LogP contribution in [0.4, 0.5) is 4.39 Å². The fourth-order valence-corrected chi connectivity index (χ4v) is 0. The van der Waals surface area contributed by atoms with Gasteiger partial charge in [0.15, 0.2) is 0 Å². The molecule has 0 aromatic carbocycles. The standard InChI is InChI=1S/CHCl2F.CO2/c2-1(3)4;2-1-3/h1H;. The lowest BCUT2D eigenvalue weighted by atomic mass is 11.8. The molecule has 0 heterocycles. The molecule has 5 heteroatoms. The molecule has 7 heavy (non-hydrogen) atoms. The summed E-state index contributed by atoms with van der Waals surface area (Å²) in [4.78, 5) is 16.2. The van der Waals surface area contributed by atoms with Crippen LogP contribution < -0.4 is 0 Å². The highest BCUT2D eigenvalue weighted by molar-refractivity contribution is 6.42. The van der Waals surface area contributed by atoms with Crippen molar-refractivity contribution in [1.29, 1.82) is 0 Å². The van der Waals surface area contributed by atoms with E-state index >= 15 is 0 Å². The second kappa shape index (κ2) is 9.31. The van der Waals surface area contributed by atoms with Gasteiger partial charge in [-0.05, 0) is 0 Å². The number of halogens is 3. The fourth-order valence-electron chi connectivity index (χ4n) is 0. The second-order valence-electron chi connectivity index (χ2n) is 0.331. The van der Waals surface area contributed by atoms with E-state index in [2.05, 4.69) is 23.2 Å². The summed E-state index contributed by atoms with van der Waals surface area (Å²) in [6.07, 6.45) is 0.250. The number of rotatable bonds is 0. The Morgan fingerprint density at radius 1 is 1.43 bits per heavy atom. The van der Waals surface area contributed by atoms with Crippen molar-refractivity contribution in [3.05, 3.63) is 0 Å². The molecule has 0 aliphatic carbocycles. The third-order valence-electron chi connectivity index (χ3n) is 0. The summed E-state index contributed by atoms with van der Waals surface area (Å²) in [6, 6.07) is 0. The average Bonchev–Trinajstić information content (AvgIpc) is 1.33. The first kappa shape index (κ1) is 10.00.